The standard InChI is InChI=1S/C18H27NO5S/c1-13(2)17-12-15(8-10-19(17)18(20)21)9-11-24-25(22,23)16-6-4-14(3)5-7-16/h4-7,13,15,17H,8-12H2,1-3H3,(H,20,21)/t15-,17+/m0/s1. The van der Waals surface area contributed by atoms with Crippen LogP contribution in [0.2, 0.25) is 0 Å². The fraction of sp³-hybridized carbons (Fsp3) is 0.611. The summed E-state index contributed by atoms with van der Waals surface area (Å²) in [6.45, 7) is 6.54. The van der Waals surface area contributed by atoms with E-state index in [1.165, 1.54) is 4.90 Å². The molecule has 140 valence electrons. The molecule has 1 aliphatic heterocycles. The Morgan fingerprint density at radius 3 is 2.52 bits per heavy atom. The summed E-state index contributed by atoms with van der Waals surface area (Å²) >= 11 is 0. The lowest BCUT2D eigenvalue weighted by Gasteiger charge is -2.40. The Hall–Kier alpha value is -1.60. The molecule has 0 unspecified atom stereocenters. The molecule has 1 aromatic rings. The summed E-state index contributed by atoms with van der Waals surface area (Å²) in [6.07, 6.45) is 1.22. The van der Waals surface area contributed by atoms with E-state index < -0.39 is 16.2 Å². The maximum atomic E-state index is 12.2. The zero-order valence-electron chi connectivity index (χ0n) is 15.0. The van der Waals surface area contributed by atoms with Gasteiger partial charge in [0.15, 0.2) is 0 Å². The molecule has 1 aromatic carbocycles. The number of aryl methyl sites for hydroxylation is 1. The van der Waals surface area contributed by atoms with Gasteiger partial charge in [0.05, 0.1) is 11.5 Å². The average molecular weight is 369 g/mol. The second-order valence-corrected chi connectivity index (χ2v) is 8.67. The topological polar surface area (TPSA) is 83.9 Å². The first-order chi connectivity index (χ1) is 11.7. The van der Waals surface area contributed by atoms with Crippen LogP contribution < -0.4 is 0 Å². The van der Waals surface area contributed by atoms with Crippen LogP contribution in [-0.2, 0) is 14.3 Å². The molecule has 1 aliphatic rings. The van der Waals surface area contributed by atoms with E-state index in [9.17, 15) is 18.3 Å². The third-order valence-electron chi connectivity index (χ3n) is 4.84. The number of hydrogen-bond donors (Lipinski definition) is 1. The Labute approximate surface area is 149 Å². The van der Waals surface area contributed by atoms with Gasteiger partial charge in [-0.2, -0.15) is 8.42 Å². The van der Waals surface area contributed by atoms with E-state index >= 15 is 0 Å². The fourth-order valence-electron chi connectivity index (χ4n) is 3.30. The molecule has 25 heavy (non-hydrogen) atoms. The van der Waals surface area contributed by atoms with E-state index in [-0.39, 0.29) is 29.4 Å². The highest BCUT2D eigenvalue weighted by molar-refractivity contribution is 7.86. The monoisotopic (exact) mass is 369 g/mol. The number of piperidine rings is 1. The molecule has 0 aromatic heterocycles. The van der Waals surface area contributed by atoms with Crippen LogP contribution in [0.5, 0.6) is 0 Å². The smallest absolute Gasteiger partial charge is 0.407 e. The van der Waals surface area contributed by atoms with Gasteiger partial charge in [-0.15, -0.1) is 0 Å². The van der Waals surface area contributed by atoms with Crippen molar-refractivity contribution in [3.8, 4) is 0 Å². The number of amides is 1. The van der Waals surface area contributed by atoms with Gasteiger partial charge in [0, 0.05) is 12.6 Å². The number of likely N-dealkylation sites (tertiary alicyclic amines) is 1. The van der Waals surface area contributed by atoms with Gasteiger partial charge in [0.1, 0.15) is 0 Å². The van der Waals surface area contributed by atoms with Crippen LogP contribution in [0.1, 0.15) is 38.7 Å². The van der Waals surface area contributed by atoms with Crippen molar-refractivity contribution in [3.05, 3.63) is 29.8 Å². The summed E-state index contributed by atoms with van der Waals surface area (Å²) in [6, 6.07) is 6.55. The predicted octanol–water partition coefficient (Wildman–Crippen LogP) is 3.51. The molecule has 1 fully saturated rings. The van der Waals surface area contributed by atoms with Crippen molar-refractivity contribution in [1.82, 2.24) is 4.90 Å². The maximum Gasteiger partial charge on any atom is 0.407 e. The van der Waals surface area contributed by atoms with Gasteiger partial charge in [-0.05, 0) is 50.2 Å². The van der Waals surface area contributed by atoms with Crippen LogP contribution >= 0.6 is 0 Å². The number of rotatable bonds is 6. The minimum Gasteiger partial charge on any atom is -0.465 e. The molecule has 0 radical (unpaired) electrons. The van der Waals surface area contributed by atoms with Gasteiger partial charge in [-0.25, -0.2) is 4.79 Å². The second kappa shape index (κ2) is 8.19. The van der Waals surface area contributed by atoms with Crippen LogP contribution in [0.4, 0.5) is 4.79 Å². The molecule has 1 heterocycles. The van der Waals surface area contributed by atoms with E-state index in [1.807, 2.05) is 20.8 Å². The Morgan fingerprint density at radius 2 is 1.96 bits per heavy atom. The normalized spacial score (nSPS) is 21.5. The van der Waals surface area contributed by atoms with Gasteiger partial charge in [-0.1, -0.05) is 31.5 Å². The Balaban J connectivity index is 1.89. The summed E-state index contributed by atoms with van der Waals surface area (Å²) in [5, 5.41) is 9.29. The third-order valence-corrected chi connectivity index (χ3v) is 6.17. The van der Waals surface area contributed by atoms with E-state index in [2.05, 4.69) is 0 Å². The van der Waals surface area contributed by atoms with Crippen LogP contribution in [0.15, 0.2) is 29.2 Å². The Morgan fingerprint density at radius 1 is 1.32 bits per heavy atom. The lowest BCUT2D eigenvalue weighted by Crippen LogP contribution is -2.48. The first kappa shape index (κ1) is 19.7. The highest BCUT2D eigenvalue weighted by Crippen LogP contribution is 2.30. The fourth-order valence-corrected chi connectivity index (χ4v) is 4.22. The highest BCUT2D eigenvalue weighted by Gasteiger charge is 2.33. The SMILES string of the molecule is Cc1ccc(S(=O)(=O)OCC[C@@H]2CCN(C(=O)O)[C@@H](C(C)C)C2)cc1. The lowest BCUT2D eigenvalue weighted by atomic mass is 9.84. The Kier molecular flexibility index (Phi) is 6.46. The van der Waals surface area contributed by atoms with E-state index in [4.69, 9.17) is 4.18 Å². The van der Waals surface area contributed by atoms with E-state index in [1.54, 1.807) is 24.3 Å². The minimum atomic E-state index is -3.74. The molecular weight excluding hydrogens is 342 g/mol. The van der Waals surface area contributed by atoms with Crippen molar-refractivity contribution in [2.45, 2.75) is 51.0 Å². The molecule has 1 N–H and O–H groups in total. The number of benzene rings is 1. The molecule has 0 bridgehead atoms. The number of hydrogen-bond acceptors (Lipinski definition) is 4. The van der Waals surface area contributed by atoms with E-state index in [0.29, 0.717) is 13.0 Å². The molecule has 2 rings (SSSR count). The van der Waals surface area contributed by atoms with E-state index in [0.717, 1.165) is 18.4 Å². The number of carboxylic acid groups (broad SMARTS) is 1. The van der Waals surface area contributed by atoms with Crippen molar-refractivity contribution in [2.75, 3.05) is 13.2 Å². The lowest BCUT2D eigenvalue weighted by molar-refractivity contribution is 0.0661. The predicted molar refractivity (Wildman–Crippen MR) is 95.0 cm³/mol. The molecular formula is C18H27NO5S. The van der Waals surface area contributed by atoms with Crippen LogP contribution in [0.25, 0.3) is 0 Å². The number of nitrogens with zero attached hydrogens (tertiary/aromatic N) is 1. The van der Waals surface area contributed by atoms with Gasteiger partial charge in [-0.3, -0.25) is 4.18 Å². The van der Waals surface area contributed by atoms with Crippen LogP contribution in [-0.4, -0.2) is 43.7 Å². The van der Waals surface area contributed by atoms with Crippen molar-refractivity contribution in [1.29, 1.82) is 0 Å². The Bertz CT molecular complexity index is 684. The first-order valence-electron chi connectivity index (χ1n) is 8.66. The summed E-state index contributed by atoms with van der Waals surface area (Å²) in [5.41, 5.74) is 0.990. The van der Waals surface area contributed by atoms with Gasteiger partial charge in [0.25, 0.3) is 10.1 Å². The molecule has 6 nitrogen and oxygen atoms in total. The average Bonchev–Trinajstić information content (AvgIpc) is 2.54. The van der Waals surface area contributed by atoms with Crippen LogP contribution in [0, 0.1) is 18.8 Å². The zero-order chi connectivity index (χ0) is 18.6. The zero-order valence-corrected chi connectivity index (χ0v) is 15.8. The summed E-state index contributed by atoms with van der Waals surface area (Å²) < 4.78 is 29.6. The maximum absolute atomic E-state index is 12.2. The van der Waals surface area contributed by atoms with Gasteiger partial charge < -0.3 is 10.0 Å². The summed E-state index contributed by atoms with van der Waals surface area (Å²) in [4.78, 5) is 13.0. The van der Waals surface area contributed by atoms with Crippen molar-refractivity contribution >= 4 is 16.2 Å². The van der Waals surface area contributed by atoms with Gasteiger partial charge >= 0.3 is 6.09 Å². The first-order valence-corrected chi connectivity index (χ1v) is 10.1. The molecule has 0 saturated carbocycles. The van der Waals surface area contributed by atoms with Crippen molar-refractivity contribution in [2.24, 2.45) is 11.8 Å². The van der Waals surface area contributed by atoms with Crippen molar-refractivity contribution < 1.29 is 22.5 Å². The van der Waals surface area contributed by atoms with Crippen LogP contribution in [0.3, 0.4) is 0 Å². The van der Waals surface area contributed by atoms with Gasteiger partial charge in [0.2, 0.25) is 0 Å². The molecule has 0 aliphatic carbocycles. The summed E-state index contributed by atoms with van der Waals surface area (Å²) in [7, 11) is -3.74. The molecule has 1 saturated heterocycles. The minimum absolute atomic E-state index is 0.0232. The molecule has 0 spiro atoms. The van der Waals surface area contributed by atoms with Crippen molar-refractivity contribution in [3.63, 3.8) is 0 Å². The second-order valence-electron chi connectivity index (χ2n) is 7.06. The largest absolute Gasteiger partial charge is 0.465 e. The highest BCUT2D eigenvalue weighted by atomic mass is 32.2. The molecule has 7 heteroatoms. The quantitative estimate of drug-likeness (QED) is 0.776. The summed E-state index contributed by atoms with van der Waals surface area (Å²) in [5.74, 6) is 0.507. The number of carbonyl (C=O) groups is 1. The molecule has 2 atom stereocenters. The molecule has 1 amide bonds. The third kappa shape index (κ3) is 5.19.